The lowest BCUT2D eigenvalue weighted by molar-refractivity contribution is -0.138. The Bertz CT molecular complexity index is 372. The maximum Gasteiger partial charge on any atom is 0.230 e. The van der Waals surface area contributed by atoms with Gasteiger partial charge in [-0.1, -0.05) is 0 Å². The van der Waals surface area contributed by atoms with Gasteiger partial charge in [-0.2, -0.15) is 0 Å². The molecule has 2 heterocycles. The van der Waals surface area contributed by atoms with Crippen molar-refractivity contribution in [1.82, 2.24) is 4.90 Å². The summed E-state index contributed by atoms with van der Waals surface area (Å²) in [6.07, 6.45) is 0.733. The van der Waals surface area contributed by atoms with E-state index in [4.69, 9.17) is 0 Å². The van der Waals surface area contributed by atoms with Crippen LogP contribution in [0.3, 0.4) is 0 Å². The molecule has 0 N–H and O–H groups in total. The summed E-state index contributed by atoms with van der Waals surface area (Å²) < 4.78 is 1.02. The summed E-state index contributed by atoms with van der Waals surface area (Å²) in [7, 11) is 0. The van der Waals surface area contributed by atoms with Gasteiger partial charge in [0.1, 0.15) is 0 Å². The Kier molecular flexibility index (Phi) is 2.69. The topological polar surface area (TPSA) is 37.4 Å². The van der Waals surface area contributed by atoms with Crippen molar-refractivity contribution in [2.24, 2.45) is 0 Å². The molecule has 74 valence electrons. The number of likely N-dealkylation sites (tertiary alicyclic amines) is 1. The van der Waals surface area contributed by atoms with Crippen LogP contribution in [-0.4, -0.2) is 16.7 Å². The fraction of sp³-hybridized carbons (Fsp3) is 0.333. The molecule has 0 unspecified atom stereocenters. The number of imide groups is 1. The van der Waals surface area contributed by atoms with Crippen molar-refractivity contribution in [3.63, 3.8) is 0 Å². The van der Waals surface area contributed by atoms with E-state index in [0.717, 1.165) is 8.66 Å². The van der Waals surface area contributed by atoms with Gasteiger partial charge in [0, 0.05) is 17.7 Å². The van der Waals surface area contributed by atoms with Crippen LogP contribution in [0.15, 0.2) is 15.9 Å². The number of hydrogen-bond donors (Lipinski definition) is 0. The van der Waals surface area contributed by atoms with Crippen LogP contribution in [0.1, 0.15) is 17.7 Å². The smallest absolute Gasteiger partial charge is 0.230 e. The molecule has 0 atom stereocenters. The Labute approximate surface area is 93.8 Å². The van der Waals surface area contributed by atoms with Crippen LogP contribution in [0.4, 0.5) is 0 Å². The predicted octanol–water partition coefficient (Wildman–Crippen LogP) is 2.16. The summed E-state index contributed by atoms with van der Waals surface area (Å²) in [5.74, 6) is -0.112. The molecule has 1 fully saturated rings. The molecule has 2 rings (SSSR count). The quantitative estimate of drug-likeness (QED) is 0.775. The third-order valence-electron chi connectivity index (χ3n) is 2.10. The highest BCUT2D eigenvalue weighted by Crippen LogP contribution is 2.25. The Morgan fingerprint density at radius 1 is 1.29 bits per heavy atom. The molecule has 0 spiro atoms. The third-order valence-corrected chi connectivity index (χ3v) is 3.71. The largest absolute Gasteiger partial charge is 0.277 e. The second-order valence-corrected chi connectivity index (χ2v) is 5.63. The highest BCUT2D eigenvalue weighted by atomic mass is 79.9. The molecular weight excluding hydrogens is 266 g/mol. The van der Waals surface area contributed by atoms with Gasteiger partial charge >= 0.3 is 0 Å². The molecule has 14 heavy (non-hydrogen) atoms. The van der Waals surface area contributed by atoms with Gasteiger partial charge in [0.15, 0.2) is 0 Å². The van der Waals surface area contributed by atoms with E-state index in [2.05, 4.69) is 15.9 Å². The summed E-state index contributed by atoms with van der Waals surface area (Å²) in [5.41, 5.74) is 0. The van der Waals surface area contributed by atoms with Crippen LogP contribution < -0.4 is 0 Å². The van der Waals surface area contributed by atoms with Crippen molar-refractivity contribution in [2.45, 2.75) is 19.4 Å². The molecule has 1 aromatic heterocycles. The first-order chi connectivity index (χ1) is 6.66. The molecule has 0 aromatic carbocycles. The minimum atomic E-state index is -0.0560. The fourth-order valence-corrected chi connectivity index (χ4v) is 2.86. The molecular formula is C9H8BrNO2S. The number of thiophene rings is 1. The van der Waals surface area contributed by atoms with Gasteiger partial charge in [-0.25, -0.2) is 0 Å². The Balaban J connectivity index is 2.10. The van der Waals surface area contributed by atoms with Gasteiger partial charge in [0.25, 0.3) is 0 Å². The number of carbonyl (C=O) groups excluding carboxylic acids is 2. The van der Waals surface area contributed by atoms with Crippen LogP contribution in [-0.2, 0) is 16.1 Å². The highest BCUT2D eigenvalue weighted by molar-refractivity contribution is 9.11. The van der Waals surface area contributed by atoms with Crippen molar-refractivity contribution in [3.05, 3.63) is 20.8 Å². The SMILES string of the molecule is O=C1CCC(=O)N1Cc1ccc(Br)s1. The summed E-state index contributed by atoms with van der Waals surface area (Å²) in [6, 6.07) is 3.85. The van der Waals surface area contributed by atoms with E-state index in [-0.39, 0.29) is 11.8 Å². The molecule has 0 aliphatic carbocycles. The Morgan fingerprint density at radius 2 is 1.93 bits per heavy atom. The first-order valence-corrected chi connectivity index (χ1v) is 5.85. The lowest BCUT2D eigenvalue weighted by Crippen LogP contribution is -2.27. The van der Waals surface area contributed by atoms with Crippen LogP contribution in [0.5, 0.6) is 0 Å². The average molecular weight is 274 g/mol. The van der Waals surface area contributed by atoms with E-state index in [0.29, 0.717) is 19.4 Å². The average Bonchev–Trinajstić information content (AvgIpc) is 2.67. The number of amides is 2. The van der Waals surface area contributed by atoms with Gasteiger partial charge in [0.2, 0.25) is 11.8 Å². The van der Waals surface area contributed by atoms with Crippen molar-refractivity contribution in [2.75, 3.05) is 0 Å². The maximum atomic E-state index is 11.3. The van der Waals surface area contributed by atoms with E-state index >= 15 is 0 Å². The lowest BCUT2D eigenvalue weighted by Gasteiger charge is -2.11. The molecule has 3 nitrogen and oxygen atoms in total. The summed E-state index contributed by atoms with van der Waals surface area (Å²) in [4.78, 5) is 24.9. The second kappa shape index (κ2) is 3.82. The van der Waals surface area contributed by atoms with Crippen molar-refractivity contribution in [3.8, 4) is 0 Å². The minimum absolute atomic E-state index is 0.0560. The first-order valence-electron chi connectivity index (χ1n) is 4.24. The van der Waals surface area contributed by atoms with Gasteiger partial charge in [-0.15, -0.1) is 11.3 Å². The number of carbonyl (C=O) groups is 2. The maximum absolute atomic E-state index is 11.3. The van der Waals surface area contributed by atoms with Crippen molar-refractivity contribution < 1.29 is 9.59 Å². The van der Waals surface area contributed by atoms with E-state index in [9.17, 15) is 9.59 Å². The lowest BCUT2D eigenvalue weighted by atomic mass is 10.4. The monoisotopic (exact) mass is 273 g/mol. The molecule has 0 saturated carbocycles. The zero-order valence-corrected chi connectivity index (χ0v) is 9.73. The van der Waals surface area contributed by atoms with Gasteiger partial charge in [-0.05, 0) is 28.1 Å². The second-order valence-electron chi connectivity index (χ2n) is 3.08. The van der Waals surface area contributed by atoms with Crippen molar-refractivity contribution >= 4 is 39.1 Å². The predicted molar refractivity (Wildman–Crippen MR) is 56.8 cm³/mol. The molecule has 1 aromatic rings. The van der Waals surface area contributed by atoms with Crippen LogP contribution in [0, 0.1) is 0 Å². The summed E-state index contributed by atoms with van der Waals surface area (Å²) >= 11 is 4.89. The molecule has 5 heteroatoms. The normalized spacial score (nSPS) is 16.8. The summed E-state index contributed by atoms with van der Waals surface area (Å²) in [5, 5.41) is 0. The standard InChI is InChI=1S/C9H8BrNO2S/c10-7-2-1-6(14-7)5-11-8(12)3-4-9(11)13/h1-2H,3-5H2. The van der Waals surface area contributed by atoms with Gasteiger partial charge < -0.3 is 0 Å². The first kappa shape index (κ1) is 9.86. The molecule has 1 saturated heterocycles. The molecule has 1 aliphatic rings. The zero-order chi connectivity index (χ0) is 10.1. The minimum Gasteiger partial charge on any atom is -0.277 e. The fourth-order valence-electron chi connectivity index (χ4n) is 1.39. The Morgan fingerprint density at radius 3 is 2.43 bits per heavy atom. The molecule has 1 aliphatic heterocycles. The molecule has 0 bridgehead atoms. The van der Waals surface area contributed by atoms with Gasteiger partial charge in [-0.3, -0.25) is 14.5 Å². The molecule has 2 amide bonds. The number of rotatable bonds is 2. The van der Waals surface area contributed by atoms with Crippen LogP contribution >= 0.6 is 27.3 Å². The van der Waals surface area contributed by atoms with E-state index in [1.807, 2.05) is 12.1 Å². The number of hydrogen-bond acceptors (Lipinski definition) is 3. The number of halogens is 1. The third kappa shape index (κ3) is 1.88. The van der Waals surface area contributed by atoms with E-state index in [1.54, 1.807) is 11.3 Å². The van der Waals surface area contributed by atoms with Crippen LogP contribution in [0.25, 0.3) is 0 Å². The highest BCUT2D eigenvalue weighted by Gasteiger charge is 2.28. The zero-order valence-electron chi connectivity index (χ0n) is 7.33. The van der Waals surface area contributed by atoms with Crippen LogP contribution in [0.2, 0.25) is 0 Å². The van der Waals surface area contributed by atoms with Crippen molar-refractivity contribution in [1.29, 1.82) is 0 Å². The van der Waals surface area contributed by atoms with E-state index in [1.165, 1.54) is 4.90 Å². The number of nitrogens with zero attached hydrogens (tertiary/aromatic N) is 1. The van der Waals surface area contributed by atoms with Gasteiger partial charge in [0.05, 0.1) is 10.3 Å². The Hall–Kier alpha value is -0.680. The summed E-state index contributed by atoms with van der Waals surface area (Å²) in [6.45, 7) is 0.425. The molecule has 0 radical (unpaired) electrons. The van der Waals surface area contributed by atoms with E-state index < -0.39 is 0 Å².